The Hall–Kier alpha value is -0.530. The molecular formula is C14H22O2. The van der Waals surface area contributed by atoms with Gasteiger partial charge in [0.1, 0.15) is 0 Å². The quantitative estimate of drug-likeness (QED) is 0.779. The smallest absolute Gasteiger partial charge is 0.306 e. The second-order valence-electron chi connectivity index (χ2n) is 6.73. The van der Waals surface area contributed by atoms with Gasteiger partial charge in [0.05, 0.1) is 5.92 Å². The van der Waals surface area contributed by atoms with Crippen molar-refractivity contribution in [3.05, 3.63) is 0 Å². The van der Waals surface area contributed by atoms with E-state index in [-0.39, 0.29) is 11.3 Å². The topological polar surface area (TPSA) is 37.3 Å². The Morgan fingerprint density at radius 1 is 1.12 bits per heavy atom. The first-order valence-electron chi connectivity index (χ1n) is 6.74. The van der Waals surface area contributed by atoms with Crippen LogP contribution in [-0.2, 0) is 4.79 Å². The lowest BCUT2D eigenvalue weighted by atomic mass is 9.43. The maximum absolute atomic E-state index is 11.3. The summed E-state index contributed by atoms with van der Waals surface area (Å²) in [6, 6.07) is 0. The Kier molecular flexibility index (Phi) is 2.15. The van der Waals surface area contributed by atoms with Gasteiger partial charge in [-0.15, -0.1) is 0 Å². The van der Waals surface area contributed by atoms with Crippen LogP contribution in [0.1, 0.15) is 46.0 Å². The van der Waals surface area contributed by atoms with Crippen LogP contribution < -0.4 is 0 Å². The number of aliphatic carboxylic acids is 1. The largest absolute Gasteiger partial charge is 0.481 e. The molecule has 4 fully saturated rings. The van der Waals surface area contributed by atoms with Crippen molar-refractivity contribution < 1.29 is 9.90 Å². The van der Waals surface area contributed by atoms with Gasteiger partial charge in [0.15, 0.2) is 0 Å². The summed E-state index contributed by atoms with van der Waals surface area (Å²) in [6.07, 6.45) is 6.66. The number of carboxylic acids is 1. The minimum absolute atomic E-state index is 0.0826. The molecule has 0 radical (unpaired) electrons. The van der Waals surface area contributed by atoms with Crippen molar-refractivity contribution in [1.29, 1.82) is 0 Å². The maximum atomic E-state index is 11.3. The normalized spacial score (nSPS) is 51.6. The standard InChI is InChI=1S/C14H22O2/c1-8(13(15)16)14(2)11-4-9-3-10(6-11)7-12(14)5-9/h8-12H,3-7H2,1-2H3,(H,15,16). The zero-order valence-electron chi connectivity index (χ0n) is 10.3. The van der Waals surface area contributed by atoms with E-state index in [1.54, 1.807) is 0 Å². The van der Waals surface area contributed by atoms with Crippen LogP contribution in [0.4, 0.5) is 0 Å². The zero-order chi connectivity index (χ0) is 11.5. The summed E-state index contributed by atoms with van der Waals surface area (Å²) in [5.41, 5.74) is 0.0826. The first-order valence-corrected chi connectivity index (χ1v) is 6.74. The SMILES string of the molecule is CC(C(=O)O)C1(C)C2CC3CC(C2)CC1C3. The molecule has 4 saturated carbocycles. The molecule has 4 aliphatic rings. The van der Waals surface area contributed by atoms with Gasteiger partial charge in [-0.2, -0.15) is 0 Å². The molecule has 1 atom stereocenters. The van der Waals surface area contributed by atoms with Gasteiger partial charge in [0.2, 0.25) is 0 Å². The molecule has 90 valence electrons. The van der Waals surface area contributed by atoms with Gasteiger partial charge < -0.3 is 5.11 Å². The highest BCUT2D eigenvalue weighted by atomic mass is 16.4. The van der Waals surface area contributed by atoms with E-state index in [1.165, 1.54) is 32.1 Å². The monoisotopic (exact) mass is 222 g/mol. The van der Waals surface area contributed by atoms with Crippen molar-refractivity contribution in [1.82, 2.24) is 0 Å². The highest BCUT2D eigenvalue weighted by molar-refractivity contribution is 5.70. The summed E-state index contributed by atoms with van der Waals surface area (Å²) >= 11 is 0. The van der Waals surface area contributed by atoms with Gasteiger partial charge in [-0.05, 0) is 61.2 Å². The summed E-state index contributed by atoms with van der Waals surface area (Å²) in [5, 5.41) is 9.33. The van der Waals surface area contributed by atoms with Crippen LogP contribution in [-0.4, -0.2) is 11.1 Å². The molecule has 2 nitrogen and oxygen atoms in total. The van der Waals surface area contributed by atoms with E-state index in [2.05, 4.69) is 6.92 Å². The lowest BCUT2D eigenvalue weighted by molar-refractivity contribution is -0.166. The van der Waals surface area contributed by atoms with Crippen molar-refractivity contribution in [2.75, 3.05) is 0 Å². The highest BCUT2D eigenvalue weighted by Crippen LogP contribution is 2.64. The predicted octanol–water partition coefficient (Wildman–Crippen LogP) is 3.17. The Morgan fingerprint density at radius 2 is 1.56 bits per heavy atom. The van der Waals surface area contributed by atoms with Crippen molar-refractivity contribution in [3.8, 4) is 0 Å². The molecule has 0 heterocycles. The summed E-state index contributed by atoms with van der Waals surface area (Å²) in [5.74, 6) is 2.48. The second kappa shape index (κ2) is 3.24. The van der Waals surface area contributed by atoms with Gasteiger partial charge in [0.25, 0.3) is 0 Å². The summed E-state index contributed by atoms with van der Waals surface area (Å²) in [4.78, 5) is 11.3. The van der Waals surface area contributed by atoms with Gasteiger partial charge in [-0.1, -0.05) is 13.8 Å². The third kappa shape index (κ3) is 1.22. The molecule has 0 saturated heterocycles. The molecule has 2 heteroatoms. The number of hydrogen-bond donors (Lipinski definition) is 1. The average molecular weight is 222 g/mol. The molecule has 16 heavy (non-hydrogen) atoms. The van der Waals surface area contributed by atoms with Crippen molar-refractivity contribution >= 4 is 5.97 Å². The fraction of sp³-hybridized carbons (Fsp3) is 0.929. The van der Waals surface area contributed by atoms with E-state index >= 15 is 0 Å². The van der Waals surface area contributed by atoms with Gasteiger partial charge >= 0.3 is 5.97 Å². The number of carboxylic acid groups (broad SMARTS) is 1. The Labute approximate surface area is 97.4 Å². The van der Waals surface area contributed by atoms with Crippen LogP contribution in [0.15, 0.2) is 0 Å². The first-order chi connectivity index (χ1) is 7.51. The lowest BCUT2D eigenvalue weighted by Crippen LogP contribution is -2.55. The Balaban J connectivity index is 1.93. The molecule has 0 aromatic rings. The first kappa shape index (κ1) is 10.6. The van der Waals surface area contributed by atoms with Crippen LogP contribution in [0.25, 0.3) is 0 Å². The summed E-state index contributed by atoms with van der Waals surface area (Å²) in [6.45, 7) is 4.20. The fourth-order valence-electron chi connectivity index (χ4n) is 5.17. The Bertz CT molecular complexity index is 293. The van der Waals surface area contributed by atoms with Crippen LogP contribution in [0.2, 0.25) is 0 Å². The molecule has 1 N–H and O–H groups in total. The molecule has 4 rings (SSSR count). The third-order valence-corrected chi connectivity index (χ3v) is 6.20. The highest BCUT2D eigenvalue weighted by Gasteiger charge is 2.57. The van der Waals surface area contributed by atoms with E-state index < -0.39 is 5.97 Å². The number of hydrogen-bond acceptors (Lipinski definition) is 1. The summed E-state index contributed by atoms with van der Waals surface area (Å²) < 4.78 is 0. The van der Waals surface area contributed by atoms with Gasteiger partial charge in [-0.3, -0.25) is 4.79 Å². The third-order valence-electron chi connectivity index (χ3n) is 6.20. The Morgan fingerprint density at radius 3 is 1.94 bits per heavy atom. The predicted molar refractivity (Wildman–Crippen MR) is 62.0 cm³/mol. The second-order valence-corrected chi connectivity index (χ2v) is 6.73. The molecule has 0 aromatic heterocycles. The molecule has 4 aliphatic carbocycles. The van der Waals surface area contributed by atoms with Gasteiger partial charge in [-0.25, -0.2) is 0 Å². The van der Waals surface area contributed by atoms with E-state index in [0.717, 1.165) is 11.8 Å². The van der Waals surface area contributed by atoms with Crippen LogP contribution >= 0.6 is 0 Å². The average Bonchev–Trinajstić information content (AvgIpc) is 2.23. The summed E-state index contributed by atoms with van der Waals surface area (Å²) in [7, 11) is 0. The van der Waals surface area contributed by atoms with Crippen molar-refractivity contribution in [3.63, 3.8) is 0 Å². The van der Waals surface area contributed by atoms with Crippen molar-refractivity contribution in [2.45, 2.75) is 46.0 Å². The minimum atomic E-state index is -0.588. The lowest BCUT2D eigenvalue weighted by Gasteiger charge is -2.61. The van der Waals surface area contributed by atoms with Gasteiger partial charge in [0, 0.05) is 0 Å². The van der Waals surface area contributed by atoms with Crippen LogP contribution in [0.5, 0.6) is 0 Å². The molecule has 0 aromatic carbocycles. The molecule has 1 unspecified atom stereocenters. The molecule has 0 amide bonds. The van der Waals surface area contributed by atoms with Crippen LogP contribution in [0.3, 0.4) is 0 Å². The molecule has 4 bridgehead atoms. The zero-order valence-corrected chi connectivity index (χ0v) is 10.3. The number of rotatable bonds is 2. The van der Waals surface area contributed by atoms with Crippen LogP contribution in [0, 0.1) is 35.0 Å². The van der Waals surface area contributed by atoms with E-state index in [9.17, 15) is 9.90 Å². The molecular weight excluding hydrogens is 200 g/mol. The maximum Gasteiger partial charge on any atom is 0.306 e. The van der Waals surface area contributed by atoms with Crippen molar-refractivity contribution in [2.24, 2.45) is 35.0 Å². The van der Waals surface area contributed by atoms with E-state index in [1.807, 2.05) is 6.92 Å². The fourth-order valence-corrected chi connectivity index (χ4v) is 5.17. The molecule has 0 spiro atoms. The van der Waals surface area contributed by atoms with E-state index in [0.29, 0.717) is 11.8 Å². The van der Waals surface area contributed by atoms with E-state index in [4.69, 9.17) is 0 Å². The number of carbonyl (C=O) groups is 1. The molecule has 0 aliphatic heterocycles. The minimum Gasteiger partial charge on any atom is -0.481 e.